The Bertz CT molecular complexity index is 913. The first-order valence-corrected chi connectivity index (χ1v) is 7.33. The number of hydrogen-bond donors (Lipinski definition) is 1. The second-order valence-electron chi connectivity index (χ2n) is 5.09. The van der Waals surface area contributed by atoms with E-state index in [-0.39, 0.29) is 12.6 Å². The number of anilines is 1. The average Bonchev–Trinajstić information content (AvgIpc) is 2.91. The van der Waals surface area contributed by atoms with Gasteiger partial charge in [0.2, 0.25) is 5.95 Å². The van der Waals surface area contributed by atoms with Gasteiger partial charge in [-0.05, 0) is 36.2 Å². The van der Waals surface area contributed by atoms with Crippen LogP contribution in [0.5, 0.6) is 5.75 Å². The van der Waals surface area contributed by atoms with Gasteiger partial charge in [0.1, 0.15) is 17.3 Å². The summed E-state index contributed by atoms with van der Waals surface area (Å²) < 4.78 is 7.33. The van der Waals surface area contributed by atoms with Crippen LogP contribution in [-0.2, 0) is 6.54 Å². The van der Waals surface area contributed by atoms with Crippen LogP contribution in [0.4, 0.5) is 5.95 Å². The first-order chi connectivity index (χ1) is 11.1. The Labute approximate surface area is 138 Å². The number of nitriles is 1. The van der Waals surface area contributed by atoms with E-state index in [0.29, 0.717) is 23.0 Å². The molecule has 0 spiro atoms. The van der Waals surface area contributed by atoms with Crippen LogP contribution in [0.2, 0.25) is 5.15 Å². The van der Waals surface area contributed by atoms with Gasteiger partial charge in [-0.1, -0.05) is 17.7 Å². The Morgan fingerprint density at radius 3 is 2.96 bits per heavy atom. The van der Waals surface area contributed by atoms with E-state index in [9.17, 15) is 0 Å². The van der Waals surface area contributed by atoms with Crippen molar-refractivity contribution in [3.63, 3.8) is 0 Å². The Morgan fingerprint density at radius 2 is 2.17 bits per heavy atom. The predicted molar refractivity (Wildman–Crippen MR) is 88.3 cm³/mol. The highest BCUT2D eigenvalue weighted by Crippen LogP contribution is 2.25. The summed E-state index contributed by atoms with van der Waals surface area (Å²) in [5, 5.41) is 8.94. The minimum absolute atomic E-state index is 0.0217. The number of fused-ring (bicyclic) bond motifs is 1. The molecule has 0 aliphatic rings. The van der Waals surface area contributed by atoms with E-state index < -0.39 is 0 Å². The van der Waals surface area contributed by atoms with Gasteiger partial charge in [0, 0.05) is 12.7 Å². The second-order valence-corrected chi connectivity index (χ2v) is 5.44. The first-order valence-electron chi connectivity index (χ1n) is 6.95. The molecule has 116 valence electrons. The summed E-state index contributed by atoms with van der Waals surface area (Å²) in [7, 11) is 0. The number of nitrogens with two attached hydrogens (primary N) is 1. The van der Waals surface area contributed by atoms with Crippen LogP contribution in [-0.4, -0.2) is 21.1 Å². The summed E-state index contributed by atoms with van der Waals surface area (Å²) in [5.41, 5.74) is 9.24. The molecular formula is C16H14ClN5O. The van der Waals surface area contributed by atoms with Crippen LogP contribution in [0.1, 0.15) is 11.1 Å². The molecule has 1 aromatic carbocycles. The first kappa shape index (κ1) is 15.1. The summed E-state index contributed by atoms with van der Waals surface area (Å²) in [4.78, 5) is 8.19. The third kappa shape index (κ3) is 3.05. The summed E-state index contributed by atoms with van der Waals surface area (Å²) in [6, 6.07) is 9.54. The van der Waals surface area contributed by atoms with Gasteiger partial charge in [-0.3, -0.25) is 0 Å². The molecule has 0 unspecified atom stereocenters. The van der Waals surface area contributed by atoms with Crippen LogP contribution < -0.4 is 10.5 Å². The van der Waals surface area contributed by atoms with E-state index in [1.54, 1.807) is 0 Å². The number of aryl methyl sites for hydroxylation is 1. The number of halogens is 1. The maximum absolute atomic E-state index is 8.61. The Hall–Kier alpha value is -2.78. The summed E-state index contributed by atoms with van der Waals surface area (Å²) >= 11 is 6.20. The molecule has 0 atom stereocenters. The van der Waals surface area contributed by atoms with Gasteiger partial charge in [0.25, 0.3) is 0 Å². The van der Waals surface area contributed by atoms with Crippen molar-refractivity contribution in [2.75, 3.05) is 12.3 Å². The zero-order valence-corrected chi connectivity index (χ0v) is 13.2. The van der Waals surface area contributed by atoms with E-state index in [2.05, 4.69) is 9.97 Å². The molecule has 2 aromatic heterocycles. The third-order valence-corrected chi connectivity index (χ3v) is 3.81. The monoisotopic (exact) mass is 327 g/mol. The van der Waals surface area contributed by atoms with Crippen molar-refractivity contribution in [1.29, 1.82) is 5.26 Å². The van der Waals surface area contributed by atoms with Gasteiger partial charge in [0.05, 0.1) is 5.52 Å². The van der Waals surface area contributed by atoms with E-state index >= 15 is 0 Å². The lowest BCUT2D eigenvalue weighted by Gasteiger charge is -2.11. The van der Waals surface area contributed by atoms with Gasteiger partial charge < -0.3 is 15.0 Å². The molecular weight excluding hydrogens is 314 g/mol. The highest BCUT2D eigenvalue weighted by Gasteiger charge is 2.11. The number of benzene rings is 1. The fourth-order valence-electron chi connectivity index (χ4n) is 2.42. The maximum Gasteiger partial charge on any atom is 0.222 e. The van der Waals surface area contributed by atoms with Crippen molar-refractivity contribution in [3.05, 3.63) is 46.7 Å². The molecule has 0 saturated carbocycles. The molecule has 0 aliphatic carbocycles. The van der Waals surface area contributed by atoms with E-state index in [1.165, 1.54) is 0 Å². The number of nitrogens with zero attached hydrogens (tertiary/aromatic N) is 4. The summed E-state index contributed by atoms with van der Waals surface area (Å²) in [6.07, 6.45) is 1.90. The summed E-state index contributed by atoms with van der Waals surface area (Å²) in [5.74, 6) is 0.818. The van der Waals surface area contributed by atoms with E-state index in [4.69, 9.17) is 27.3 Å². The lowest BCUT2D eigenvalue weighted by molar-refractivity contribution is 0.367. The van der Waals surface area contributed by atoms with Crippen molar-refractivity contribution in [2.24, 2.45) is 0 Å². The molecule has 0 bridgehead atoms. The molecule has 3 aromatic rings. The molecule has 7 heteroatoms. The molecule has 0 saturated heterocycles. The fourth-order valence-corrected chi connectivity index (χ4v) is 2.71. The molecule has 0 amide bonds. The largest absolute Gasteiger partial charge is 0.479 e. The molecule has 6 nitrogen and oxygen atoms in total. The Balaban J connectivity index is 1.98. The van der Waals surface area contributed by atoms with Crippen LogP contribution in [0.25, 0.3) is 11.0 Å². The lowest BCUT2D eigenvalue weighted by Crippen LogP contribution is -2.03. The van der Waals surface area contributed by atoms with Gasteiger partial charge in [-0.25, -0.2) is 4.98 Å². The Kier molecular flexibility index (Phi) is 4.04. The molecule has 23 heavy (non-hydrogen) atoms. The topological polar surface area (TPSA) is 89.8 Å². The SMILES string of the molecule is Cc1ccc(OCC#N)cc1Cn1ccc2nc(N)nc(Cl)c21. The molecule has 0 aliphatic heterocycles. The van der Waals surface area contributed by atoms with Gasteiger partial charge >= 0.3 is 0 Å². The number of nitrogen functional groups attached to an aromatic ring is 1. The summed E-state index contributed by atoms with van der Waals surface area (Å²) in [6.45, 7) is 2.63. The smallest absolute Gasteiger partial charge is 0.222 e. The van der Waals surface area contributed by atoms with Crippen molar-refractivity contribution < 1.29 is 4.74 Å². The molecule has 2 N–H and O–H groups in total. The molecule has 0 radical (unpaired) electrons. The standard InChI is InChI=1S/C16H14ClN5O/c1-10-2-3-12(23-7-5-18)8-11(10)9-22-6-4-13-14(22)15(17)21-16(19)20-13/h2-4,6,8H,7,9H2,1H3,(H2,19,20,21). The zero-order chi connectivity index (χ0) is 16.4. The quantitative estimate of drug-likeness (QED) is 0.744. The molecule has 0 fully saturated rings. The van der Waals surface area contributed by atoms with Crippen molar-refractivity contribution in [3.8, 4) is 11.8 Å². The lowest BCUT2D eigenvalue weighted by atomic mass is 10.1. The number of aromatic nitrogens is 3. The van der Waals surface area contributed by atoms with E-state index in [1.807, 2.05) is 48.0 Å². The number of rotatable bonds is 4. The second kappa shape index (κ2) is 6.15. The van der Waals surface area contributed by atoms with Crippen molar-refractivity contribution in [2.45, 2.75) is 13.5 Å². The highest BCUT2D eigenvalue weighted by atomic mass is 35.5. The molecule has 3 rings (SSSR count). The van der Waals surface area contributed by atoms with Gasteiger partial charge in [0.15, 0.2) is 11.8 Å². The van der Waals surface area contributed by atoms with Crippen LogP contribution >= 0.6 is 11.6 Å². The predicted octanol–water partition coefficient (Wildman–Crippen LogP) is 2.93. The van der Waals surface area contributed by atoms with Crippen molar-refractivity contribution >= 4 is 28.6 Å². The van der Waals surface area contributed by atoms with Crippen molar-refractivity contribution in [1.82, 2.24) is 14.5 Å². The van der Waals surface area contributed by atoms with Gasteiger partial charge in [-0.2, -0.15) is 10.2 Å². The van der Waals surface area contributed by atoms with Crippen LogP contribution in [0, 0.1) is 18.3 Å². The number of ether oxygens (including phenoxy) is 1. The van der Waals surface area contributed by atoms with Crippen LogP contribution in [0.3, 0.4) is 0 Å². The third-order valence-electron chi connectivity index (χ3n) is 3.55. The average molecular weight is 328 g/mol. The van der Waals surface area contributed by atoms with Crippen LogP contribution in [0.15, 0.2) is 30.5 Å². The fraction of sp³-hybridized carbons (Fsp3) is 0.188. The zero-order valence-electron chi connectivity index (χ0n) is 12.5. The minimum atomic E-state index is 0.0217. The Morgan fingerprint density at radius 1 is 1.35 bits per heavy atom. The number of hydrogen-bond acceptors (Lipinski definition) is 5. The molecule has 2 heterocycles. The van der Waals surface area contributed by atoms with Gasteiger partial charge in [-0.15, -0.1) is 0 Å². The maximum atomic E-state index is 8.61. The van der Waals surface area contributed by atoms with E-state index in [0.717, 1.165) is 16.6 Å². The minimum Gasteiger partial charge on any atom is -0.479 e. The normalized spacial score (nSPS) is 10.7. The highest BCUT2D eigenvalue weighted by molar-refractivity contribution is 6.33.